The minimum atomic E-state index is -0.385. The summed E-state index contributed by atoms with van der Waals surface area (Å²) in [6, 6.07) is 11.1. The van der Waals surface area contributed by atoms with Crippen LogP contribution in [0, 0.1) is 0 Å². The fraction of sp³-hybridized carbons (Fsp3) is 0.667. The van der Waals surface area contributed by atoms with E-state index in [1.54, 1.807) is 0 Å². The first kappa shape index (κ1) is 15.0. The van der Waals surface area contributed by atoms with E-state index in [2.05, 4.69) is 35.6 Å². The molecule has 2 saturated carbocycles. The van der Waals surface area contributed by atoms with Gasteiger partial charge in [0.2, 0.25) is 0 Å². The fourth-order valence-corrected chi connectivity index (χ4v) is 3.31. The van der Waals surface area contributed by atoms with Crippen LogP contribution in [0.25, 0.3) is 0 Å². The second kappa shape index (κ2) is 7.39. The Kier molecular flexibility index (Phi) is 5.28. The molecule has 21 heavy (non-hydrogen) atoms. The van der Waals surface area contributed by atoms with Crippen LogP contribution in [0.3, 0.4) is 0 Å². The number of ether oxygens (including phenoxy) is 1. The van der Waals surface area contributed by atoms with Crippen LogP contribution in [0.2, 0.25) is 0 Å². The number of hydrogen-bond acceptors (Lipinski definition) is 3. The van der Waals surface area contributed by atoms with Gasteiger partial charge in [0, 0.05) is 18.5 Å². The molecule has 3 unspecified atom stereocenters. The highest BCUT2D eigenvalue weighted by Gasteiger charge is 2.37. The molecule has 3 nitrogen and oxygen atoms in total. The van der Waals surface area contributed by atoms with Crippen molar-refractivity contribution in [3.63, 3.8) is 0 Å². The van der Waals surface area contributed by atoms with E-state index in [4.69, 9.17) is 4.74 Å². The Morgan fingerprint density at radius 1 is 1.14 bits per heavy atom. The molecule has 0 amide bonds. The molecule has 2 N–H and O–H groups in total. The van der Waals surface area contributed by atoms with E-state index in [-0.39, 0.29) is 6.10 Å². The third-order valence-electron chi connectivity index (χ3n) is 4.71. The molecule has 0 bridgehead atoms. The molecule has 0 aliphatic heterocycles. The van der Waals surface area contributed by atoms with Gasteiger partial charge in [-0.15, -0.1) is 0 Å². The zero-order valence-electron chi connectivity index (χ0n) is 12.7. The summed E-state index contributed by atoms with van der Waals surface area (Å²) in [5.74, 6) is 0.623. The minimum Gasteiger partial charge on any atom is -0.389 e. The molecule has 2 aliphatic rings. The van der Waals surface area contributed by atoms with Crippen molar-refractivity contribution in [3.05, 3.63) is 35.9 Å². The van der Waals surface area contributed by atoms with E-state index in [1.807, 2.05) is 0 Å². The fourth-order valence-electron chi connectivity index (χ4n) is 3.31. The molecule has 0 radical (unpaired) electrons. The molecule has 0 saturated heterocycles. The van der Waals surface area contributed by atoms with Gasteiger partial charge in [0.05, 0.1) is 18.8 Å². The highest BCUT2D eigenvalue weighted by molar-refractivity contribution is 5.27. The topological polar surface area (TPSA) is 41.5 Å². The number of hydrogen-bond donors (Lipinski definition) is 2. The van der Waals surface area contributed by atoms with Crippen molar-refractivity contribution >= 4 is 0 Å². The van der Waals surface area contributed by atoms with Crippen molar-refractivity contribution in [1.82, 2.24) is 5.32 Å². The third-order valence-corrected chi connectivity index (χ3v) is 4.71. The molecule has 3 heteroatoms. The summed E-state index contributed by atoms with van der Waals surface area (Å²) in [5.41, 5.74) is 1.41. The largest absolute Gasteiger partial charge is 0.389 e. The average Bonchev–Trinajstić information content (AvgIpc) is 3.32. The van der Waals surface area contributed by atoms with Crippen LogP contribution in [0.4, 0.5) is 0 Å². The summed E-state index contributed by atoms with van der Waals surface area (Å²) in [6.07, 6.45) is 7.40. The summed E-state index contributed by atoms with van der Waals surface area (Å²) in [7, 11) is 0. The Morgan fingerprint density at radius 2 is 1.90 bits per heavy atom. The van der Waals surface area contributed by atoms with Crippen LogP contribution >= 0.6 is 0 Å². The first-order valence-corrected chi connectivity index (χ1v) is 8.41. The van der Waals surface area contributed by atoms with E-state index < -0.39 is 0 Å². The van der Waals surface area contributed by atoms with Gasteiger partial charge in [0.15, 0.2) is 0 Å². The molecule has 1 aromatic carbocycles. The summed E-state index contributed by atoms with van der Waals surface area (Å²) in [6.45, 7) is 1.11. The van der Waals surface area contributed by atoms with Gasteiger partial charge in [-0.1, -0.05) is 49.6 Å². The summed E-state index contributed by atoms with van der Waals surface area (Å²) in [5, 5.41) is 13.5. The molecule has 0 spiro atoms. The molecule has 1 aromatic rings. The number of nitrogens with one attached hydrogen (secondary N) is 1. The monoisotopic (exact) mass is 289 g/mol. The highest BCUT2D eigenvalue weighted by atomic mass is 16.5. The number of benzene rings is 1. The standard InChI is InChI=1S/C18H27NO2/c20-15(13-21-16-9-5-2-6-10-16)12-19-18-11-17(18)14-7-3-1-4-8-14/h1,3-4,7-8,15-20H,2,5-6,9-13H2. The first-order valence-electron chi connectivity index (χ1n) is 8.41. The van der Waals surface area contributed by atoms with E-state index in [0.717, 1.165) is 0 Å². The van der Waals surface area contributed by atoms with Gasteiger partial charge in [0.25, 0.3) is 0 Å². The molecule has 2 aliphatic carbocycles. The van der Waals surface area contributed by atoms with Crippen LogP contribution in [0.5, 0.6) is 0 Å². The summed E-state index contributed by atoms with van der Waals surface area (Å²) >= 11 is 0. The molecular weight excluding hydrogens is 262 g/mol. The molecule has 116 valence electrons. The molecule has 3 rings (SSSR count). The van der Waals surface area contributed by atoms with E-state index in [9.17, 15) is 5.11 Å². The quantitative estimate of drug-likeness (QED) is 0.811. The van der Waals surface area contributed by atoms with Crippen molar-refractivity contribution < 1.29 is 9.84 Å². The maximum atomic E-state index is 10.0. The zero-order valence-corrected chi connectivity index (χ0v) is 12.7. The molecular formula is C18H27NO2. The van der Waals surface area contributed by atoms with Crippen molar-refractivity contribution in [3.8, 4) is 0 Å². The zero-order chi connectivity index (χ0) is 14.5. The third kappa shape index (κ3) is 4.53. The van der Waals surface area contributed by atoms with Gasteiger partial charge in [-0.05, 0) is 24.8 Å². The highest BCUT2D eigenvalue weighted by Crippen LogP contribution is 2.40. The molecule has 0 aromatic heterocycles. The van der Waals surface area contributed by atoms with E-state index in [1.165, 1.54) is 44.1 Å². The van der Waals surface area contributed by atoms with Gasteiger partial charge in [-0.3, -0.25) is 0 Å². The predicted octanol–water partition coefficient (Wildman–Crippen LogP) is 2.84. The lowest BCUT2D eigenvalue weighted by atomic mass is 9.98. The van der Waals surface area contributed by atoms with E-state index in [0.29, 0.717) is 31.2 Å². The lowest BCUT2D eigenvalue weighted by Gasteiger charge is -2.23. The van der Waals surface area contributed by atoms with Crippen molar-refractivity contribution in [1.29, 1.82) is 0 Å². The molecule has 0 heterocycles. The van der Waals surface area contributed by atoms with Crippen LogP contribution in [0.1, 0.15) is 50.0 Å². The van der Waals surface area contributed by atoms with Crippen molar-refractivity contribution in [2.45, 2.75) is 62.7 Å². The smallest absolute Gasteiger partial charge is 0.0897 e. The van der Waals surface area contributed by atoms with Gasteiger partial charge < -0.3 is 15.2 Å². The minimum absolute atomic E-state index is 0.381. The summed E-state index contributed by atoms with van der Waals surface area (Å²) < 4.78 is 5.82. The Labute approximate surface area is 127 Å². The van der Waals surface area contributed by atoms with Crippen LogP contribution in [-0.2, 0) is 4.74 Å². The lowest BCUT2D eigenvalue weighted by molar-refractivity contribution is -0.0230. The number of rotatable bonds is 7. The maximum Gasteiger partial charge on any atom is 0.0897 e. The van der Waals surface area contributed by atoms with Gasteiger partial charge in [-0.25, -0.2) is 0 Å². The SMILES string of the molecule is OC(CNC1CC1c1ccccc1)COC1CCCCC1. The number of aliphatic hydroxyl groups excluding tert-OH is 1. The lowest BCUT2D eigenvalue weighted by Crippen LogP contribution is -2.34. The van der Waals surface area contributed by atoms with Crippen molar-refractivity contribution in [2.24, 2.45) is 0 Å². The summed E-state index contributed by atoms with van der Waals surface area (Å²) in [4.78, 5) is 0. The maximum absolute atomic E-state index is 10.0. The van der Waals surface area contributed by atoms with Gasteiger partial charge in [0.1, 0.15) is 0 Å². The van der Waals surface area contributed by atoms with Crippen molar-refractivity contribution in [2.75, 3.05) is 13.2 Å². The van der Waals surface area contributed by atoms with Crippen LogP contribution in [0.15, 0.2) is 30.3 Å². The van der Waals surface area contributed by atoms with Crippen LogP contribution in [-0.4, -0.2) is 36.5 Å². The molecule has 2 fully saturated rings. The second-order valence-electron chi connectivity index (χ2n) is 6.51. The Bertz CT molecular complexity index is 416. The van der Waals surface area contributed by atoms with Gasteiger partial charge in [-0.2, -0.15) is 0 Å². The Balaban J connectivity index is 1.31. The Morgan fingerprint density at radius 3 is 2.67 bits per heavy atom. The van der Waals surface area contributed by atoms with Crippen LogP contribution < -0.4 is 5.32 Å². The average molecular weight is 289 g/mol. The van der Waals surface area contributed by atoms with Gasteiger partial charge >= 0.3 is 0 Å². The molecule has 3 atom stereocenters. The first-order chi connectivity index (χ1) is 10.3. The second-order valence-corrected chi connectivity index (χ2v) is 6.51. The van der Waals surface area contributed by atoms with E-state index >= 15 is 0 Å². The normalized spacial score (nSPS) is 27.5. The number of aliphatic hydroxyl groups is 1. The predicted molar refractivity (Wildman–Crippen MR) is 84.4 cm³/mol. The Hall–Kier alpha value is -0.900.